The van der Waals surface area contributed by atoms with Crippen molar-refractivity contribution in [3.63, 3.8) is 0 Å². The molecule has 2 aliphatic carbocycles. The number of hydrogen-bond acceptors (Lipinski definition) is 6. The Morgan fingerprint density at radius 2 is 1.79 bits per heavy atom. The third-order valence-corrected chi connectivity index (χ3v) is 8.50. The Morgan fingerprint density at radius 1 is 1.03 bits per heavy atom. The largest absolute Gasteiger partial charge is 0.342 e. The maximum Gasteiger partial charge on any atom is 0.263 e. The van der Waals surface area contributed by atoms with Crippen molar-refractivity contribution < 1.29 is 0 Å². The van der Waals surface area contributed by atoms with Crippen LogP contribution in [0.1, 0.15) is 54.1 Å². The molecule has 3 aromatic heterocycles. The highest BCUT2D eigenvalue weighted by Crippen LogP contribution is 2.54. The maximum atomic E-state index is 13.3. The minimum atomic E-state index is -0.220. The van der Waals surface area contributed by atoms with Gasteiger partial charge in [-0.3, -0.25) is 19.9 Å². The molecule has 8 heteroatoms. The van der Waals surface area contributed by atoms with Gasteiger partial charge in [-0.15, -0.1) is 0 Å². The summed E-state index contributed by atoms with van der Waals surface area (Å²) >= 11 is 0. The molecule has 172 valence electrons. The quantitative estimate of drug-likeness (QED) is 0.439. The van der Waals surface area contributed by atoms with Gasteiger partial charge in [0.05, 0.1) is 5.69 Å². The van der Waals surface area contributed by atoms with Gasteiger partial charge < -0.3 is 10.6 Å². The number of benzene rings is 1. The number of H-pyrrole nitrogens is 2. The number of nitrogens with two attached hydrogens (primary N) is 1. The lowest BCUT2D eigenvalue weighted by Crippen LogP contribution is -2.45. The second kappa shape index (κ2) is 6.99. The van der Waals surface area contributed by atoms with Gasteiger partial charge in [0.2, 0.25) is 5.95 Å². The molecule has 7 rings (SSSR count). The van der Waals surface area contributed by atoms with Crippen molar-refractivity contribution in [2.24, 2.45) is 11.1 Å². The first-order valence-electron chi connectivity index (χ1n) is 12.1. The van der Waals surface area contributed by atoms with Crippen molar-refractivity contribution in [1.82, 2.24) is 25.1 Å². The summed E-state index contributed by atoms with van der Waals surface area (Å²) in [6.45, 7) is 1.64. The molecule has 1 aromatic carbocycles. The van der Waals surface area contributed by atoms with Gasteiger partial charge in [-0.2, -0.15) is 10.1 Å². The van der Waals surface area contributed by atoms with E-state index >= 15 is 0 Å². The van der Waals surface area contributed by atoms with E-state index in [-0.39, 0.29) is 22.4 Å². The number of pyridine rings is 1. The number of nitrogens with zero attached hydrogens (tertiary/aromatic N) is 4. The first kappa shape index (κ1) is 19.9. The number of anilines is 1. The van der Waals surface area contributed by atoms with Crippen LogP contribution in [0.4, 0.5) is 5.95 Å². The van der Waals surface area contributed by atoms with Crippen LogP contribution in [0, 0.1) is 5.41 Å². The van der Waals surface area contributed by atoms with Crippen molar-refractivity contribution in [2.75, 3.05) is 18.0 Å². The summed E-state index contributed by atoms with van der Waals surface area (Å²) in [5.74, 6) is 0.611. The van der Waals surface area contributed by atoms with Crippen molar-refractivity contribution in [3.8, 4) is 0 Å². The van der Waals surface area contributed by atoms with E-state index in [0.717, 1.165) is 56.5 Å². The lowest BCUT2D eigenvalue weighted by Gasteiger charge is -2.42. The fourth-order valence-corrected chi connectivity index (χ4v) is 6.35. The van der Waals surface area contributed by atoms with E-state index < -0.39 is 0 Å². The first-order chi connectivity index (χ1) is 16.6. The Hall–Kier alpha value is -3.52. The van der Waals surface area contributed by atoms with E-state index in [2.05, 4.69) is 49.3 Å². The SMILES string of the molecule is N[C@@H]1c2ccccc2CC12CCN(c1nc3[nH]nc(C4(c5ccncc5)CC4)c3c(=O)[nH]1)CC2. The Kier molecular flexibility index (Phi) is 4.09. The van der Waals surface area contributed by atoms with Crippen LogP contribution in [0.2, 0.25) is 0 Å². The van der Waals surface area contributed by atoms with Crippen LogP contribution in [0.25, 0.3) is 11.0 Å². The molecule has 3 aliphatic rings. The number of aromatic amines is 2. The molecular formula is C26H27N7O. The number of rotatable bonds is 3. The fraction of sp³-hybridized carbons (Fsp3) is 0.385. The van der Waals surface area contributed by atoms with Gasteiger partial charge in [0, 0.05) is 36.9 Å². The van der Waals surface area contributed by atoms with Crippen LogP contribution in [0.15, 0.2) is 53.6 Å². The maximum absolute atomic E-state index is 13.3. The summed E-state index contributed by atoms with van der Waals surface area (Å²) in [4.78, 5) is 27.4. The van der Waals surface area contributed by atoms with Gasteiger partial charge >= 0.3 is 0 Å². The summed E-state index contributed by atoms with van der Waals surface area (Å²) in [7, 11) is 0. The summed E-state index contributed by atoms with van der Waals surface area (Å²) in [5.41, 5.74) is 11.6. The topological polar surface area (TPSA) is 117 Å². The smallest absolute Gasteiger partial charge is 0.263 e. The van der Waals surface area contributed by atoms with E-state index in [1.165, 1.54) is 11.1 Å². The highest BCUT2D eigenvalue weighted by Gasteiger charge is 2.50. The molecule has 8 nitrogen and oxygen atoms in total. The van der Waals surface area contributed by atoms with E-state index in [9.17, 15) is 4.79 Å². The molecule has 0 radical (unpaired) electrons. The van der Waals surface area contributed by atoms with Crippen molar-refractivity contribution in [3.05, 3.63) is 81.5 Å². The predicted molar refractivity (Wildman–Crippen MR) is 130 cm³/mol. The van der Waals surface area contributed by atoms with Gasteiger partial charge in [-0.1, -0.05) is 24.3 Å². The molecule has 4 aromatic rings. The van der Waals surface area contributed by atoms with E-state index in [1.807, 2.05) is 12.1 Å². The lowest BCUT2D eigenvalue weighted by atomic mass is 9.73. The minimum Gasteiger partial charge on any atom is -0.342 e. The Labute approximate surface area is 196 Å². The van der Waals surface area contributed by atoms with Crippen LogP contribution in [-0.2, 0) is 11.8 Å². The molecule has 4 N–H and O–H groups in total. The molecule has 0 unspecified atom stereocenters. The first-order valence-corrected chi connectivity index (χ1v) is 12.1. The summed E-state index contributed by atoms with van der Waals surface area (Å²) in [5, 5.41) is 8.20. The molecule has 4 heterocycles. The Morgan fingerprint density at radius 3 is 2.53 bits per heavy atom. The minimum absolute atomic E-state index is 0.0680. The third kappa shape index (κ3) is 2.75. The zero-order valence-corrected chi connectivity index (χ0v) is 18.9. The van der Waals surface area contributed by atoms with Gasteiger partial charge in [-0.25, -0.2) is 0 Å². The van der Waals surface area contributed by atoms with Gasteiger partial charge in [-0.05, 0) is 66.3 Å². The third-order valence-electron chi connectivity index (χ3n) is 8.50. The van der Waals surface area contributed by atoms with Crippen LogP contribution >= 0.6 is 0 Å². The van der Waals surface area contributed by atoms with E-state index in [4.69, 9.17) is 10.7 Å². The number of hydrogen-bond donors (Lipinski definition) is 3. The molecule has 1 saturated carbocycles. The Bertz CT molecular complexity index is 1450. The molecule has 0 bridgehead atoms. The molecule has 1 spiro atoms. The number of fused-ring (bicyclic) bond motifs is 2. The molecule has 2 fully saturated rings. The number of aromatic nitrogens is 5. The molecule has 1 atom stereocenters. The van der Waals surface area contributed by atoms with Gasteiger partial charge in [0.1, 0.15) is 5.39 Å². The average molecular weight is 454 g/mol. The second-order valence-corrected chi connectivity index (χ2v) is 10.2. The Balaban J connectivity index is 1.17. The predicted octanol–water partition coefficient (Wildman–Crippen LogP) is 2.96. The highest BCUT2D eigenvalue weighted by molar-refractivity contribution is 5.80. The molecule has 34 heavy (non-hydrogen) atoms. The lowest BCUT2D eigenvalue weighted by molar-refractivity contribution is 0.187. The second-order valence-electron chi connectivity index (χ2n) is 10.2. The summed E-state index contributed by atoms with van der Waals surface area (Å²) < 4.78 is 0. The zero-order chi connectivity index (χ0) is 22.9. The van der Waals surface area contributed by atoms with Crippen LogP contribution in [-0.4, -0.2) is 38.2 Å². The monoisotopic (exact) mass is 453 g/mol. The molecule has 1 saturated heterocycles. The van der Waals surface area contributed by atoms with Crippen molar-refractivity contribution in [1.29, 1.82) is 0 Å². The van der Waals surface area contributed by atoms with Crippen molar-refractivity contribution >= 4 is 17.0 Å². The molecular weight excluding hydrogens is 426 g/mol. The summed E-state index contributed by atoms with van der Waals surface area (Å²) in [6.07, 6.45) is 8.51. The zero-order valence-electron chi connectivity index (χ0n) is 18.9. The highest BCUT2D eigenvalue weighted by atomic mass is 16.1. The van der Waals surface area contributed by atoms with Crippen LogP contribution in [0.5, 0.6) is 0 Å². The van der Waals surface area contributed by atoms with Crippen LogP contribution < -0.4 is 16.2 Å². The van der Waals surface area contributed by atoms with Gasteiger partial charge in [0.15, 0.2) is 5.65 Å². The number of piperidine rings is 1. The fourth-order valence-electron chi connectivity index (χ4n) is 6.35. The number of nitrogens with one attached hydrogen (secondary N) is 2. The van der Waals surface area contributed by atoms with Crippen molar-refractivity contribution in [2.45, 2.75) is 43.6 Å². The van der Waals surface area contributed by atoms with E-state index in [1.54, 1.807) is 12.4 Å². The average Bonchev–Trinajstić information content (AvgIpc) is 3.49. The van der Waals surface area contributed by atoms with Gasteiger partial charge in [0.25, 0.3) is 5.56 Å². The van der Waals surface area contributed by atoms with E-state index in [0.29, 0.717) is 17.0 Å². The van der Waals surface area contributed by atoms with Crippen LogP contribution in [0.3, 0.4) is 0 Å². The molecule has 0 amide bonds. The molecule has 1 aliphatic heterocycles. The standard InChI is InChI=1S/C26H27N7O/c27-20-18-4-2-1-3-16(18)15-25(20)9-13-33(14-10-25)24-29-22-19(23(34)30-24)21(31-32-22)26(7-8-26)17-5-11-28-12-6-17/h1-6,11-12,20H,7-10,13-15,27H2,(H2,29,30,31,32,34)/t20-/m1/s1. The summed E-state index contributed by atoms with van der Waals surface area (Å²) in [6, 6.07) is 12.6. The normalized spacial score (nSPS) is 22.3.